The van der Waals surface area contributed by atoms with Gasteiger partial charge < -0.3 is 19.2 Å². The van der Waals surface area contributed by atoms with Crippen molar-refractivity contribution in [2.75, 3.05) is 20.7 Å². The van der Waals surface area contributed by atoms with Gasteiger partial charge in [0.05, 0.1) is 26.0 Å². The average molecular weight is 303 g/mol. The van der Waals surface area contributed by atoms with Crippen LogP contribution in [0.5, 0.6) is 5.75 Å². The molecule has 5 nitrogen and oxygen atoms in total. The molecule has 118 valence electrons. The summed E-state index contributed by atoms with van der Waals surface area (Å²) in [6.45, 7) is 0.253. The van der Waals surface area contributed by atoms with Crippen molar-refractivity contribution in [1.29, 1.82) is 0 Å². The van der Waals surface area contributed by atoms with Crippen LogP contribution in [0, 0.1) is 0 Å². The lowest BCUT2D eigenvalue weighted by atomic mass is 10.1. The van der Waals surface area contributed by atoms with E-state index in [1.807, 2.05) is 6.07 Å². The van der Waals surface area contributed by atoms with Crippen molar-refractivity contribution in [3.05, 3.63) is 54.0 Å². The molecule has 2 aromatic rings. The van der Waals surface area contributed by atoms with Crippen molar-refractivity contribution in [2.45, 2.75) is 18.9 Å². The number of aliphatic hydroxyl groups is 1. The minimum Gasteiger partial charge on any atom is -0.497 e. The van der Waals surface area contributed by atoms with Gasteiger partial charge in [0, 0.05) is 19.9 Å². The highest BCUT2D eigenvalue weighted by atomic mass is 16.5. The second kappa shape index (κ2) is 7.66. The fraction of sp³-hybridized carbons (Fsp3) is 0.353. The highest BCUT2D eigenvalue weighted by molar-refractivity contribution is 5.76. The fourth-order valence-electron chi connectivity index (χ4n) is 2.17. The van der Waals surface area contributed by atoms with Gasteiger partial charge in [0.15, 0.2) is 0 Å². The molecule has 0 saturated heterocycles. The molecular weight excluding hydrogens is 282 g/mol. The summed E-state index contributed by atoms with van der Waals surface area (Å²) < 4.78 is 10.3. The van der Waals surface area contributed by atoms with Gasteiger partial charge in [0.2, 0.25) is 5.91 Å². The van der Waals surface area contributed by atoms with Crippen molar-refractivity contribution in [3.8, 4) is 5.75 Å². The van der Waals surface area contributed by atoms with Gasteiger partial charge in [-0.15, -0.1) is 0 Å². The monoisotopic (exact) mass is 303 g/mol. The molecule has 1 N–H and O–H groups in total. The van der Waals surface area contributed by atoms with E-state index < -0.39 is 6.10 Å². The number of carbonyl (C=O) groups excluding carboxylic acids is 1. The minimum atomic E-state index is -0.719. The van der Waals surface area contributed by atoms with E-state index >= 15 is 0 Å². The van der Waals surface area contributed by atoms with E-state index in [1.165, 1.54) is 4.90 Å². The fourth-order valence-corrected chi connectivity index (χ4v) is 2.17. The number of furan rings is 1. The third kappa shape index (κ3) is 4.36. The SMILES string of the molecule is COc1ccc(C(O)CN(C)C(=O)CCc2ccco2)cc1. The maximum atomic E-state index is 12.1. The van der Waals surface area contributed by atoms with Crippen molar-refractivity contribution in [2.24, 2.45) is 0 Å². The smallest absolute Gasteiger partial charge is 0.222 e. The minimum absolute atomic E-state index is 0.0241. The number of hydrogen-bond donors (Lipinski definition) is 1. The standard InChI is InChI=1S/C17H21NO4/c1-18(17(20)10-9-15-4-3-11-22-15)12-16(19)13-5-7-14(21-2)8-6-13/h3-8,11,16,19H,9-10,12H2,1-2H3. The number of nitrogens with zero attached hydrogens (tertiary/aromatic N) is 1. The molecule has 0 aliphatic heterocycles. The molecule has 1 aromatic heterocycles. The van der Waals surface area contributed by atoms with Gasteiger partial charge in [-0.25, -0.2) is 0 Å². The summed E-state index contributed by atoms with van der Waals surface area (Å²) >= 11 is 0. The lowest BCUT2D eigenvalue weighted by molar-refractivity contribution is -0.131. The molecule has 0 fully saturated rings. The number of hydrogen-bond acceptors (Lipinski definition) is 4. The van der Waals surface area contributed by atoms with Crippen LogP contribution < -0.4 is 4.74 Å². The number of aliphatic hydroxyl groups excluding tert-OH is 1. The summed E-state index contributed by atoms with van der Waals surface area (Å²) in [5.41, 5.74) is 0.756. The lowest BCUT2D eigenvalue weighted by Crippen LogP contribution is -2.31. The number of ether oxygens (including phenoxy) is 1. The molecule has 0 spiro atoms. The van der Waals surface area contributed by atoms with E-state index in [2.05, 4.69) is 0 Å². The molecule has 0 radical (unpaired) electrons. The molecule has 1 unspecified atom stereocenters. The zero-order valence-corrected chi connectivity index (χ0v) is 12.9. The Labute approximate surface area is 130 Å². The number of aryl methyl sites for hydroxylation is 1. The van der Waals surface area contributed by atoms with Crippen molar-refractivity contribution < 1.29 is 19.1 Å². The Morgan fingerprint density at radius 1 is 1.32 bits per heavy atom. The Morgan fingerprint density at radius 2 is 2.05 bits per heavy atom. The van der Waals surface area contributed by atoms with Crippen LogP contribution in [0.4, 0.5) is 0 Å². The predicted octanol–water partition coefficient (Wildman–Crippen LogP) is 2.41. The maximum absolute atomic E-state index is 12.1. The number of amides is 1. The summed E-state index contributed by atoms with van der Waals surface area (Å²) in [6, 6.07) is 10.8. The second-order valence-corrected chi connectivity index (χ2v) is 5.14. The Bertz CT molecular complexity index is 577. The Hall–Kier alpha value is -2.27. The lowest BCUT2D eigenvalue weighted by Gasteiger charge is -2.21. The average Bonchev–Trinajstić information content (AvgIpc) is 3.06. The molecule has 5 heteroatoms. The highest BCUT2D eigenvalue weighted by Gasteiger charge is 2.15. The van der Waals surface area contributed by atoms with E-state index in [9.17, 15) is 9.90 Å². The van der Waals surface area contributed by atoms with E-state index in [4.69, 9.17) is 9.15 Å². The number of benzene rings is 1. The van der Waals surface area contributed by atoms with Crippen LogP contribution in [0.3, 0.4) is 0 Å². The first kappa shape index (κ1) is 16.1. The number of likely N-dealkylation sites (N-methyl/N-ethyl adjacent to an activating group) is 1. The topological polar surface area (TPSA) is 62.9 Å². The van der Waals surface area contributed by atoms with Gasteiger partial charge >= 0.3 is 0 Å². The van der Waals surface area contributed by atoms with Crippen LogP contribution in [-0.4, -0.2) is 36.6 Å². The third-order valence-corrected chi connectivity index (χ3v) is 3.54. The van der Waals surface area contributed by atoms with E-state index in [1.54, 1.807) is 50.8 Å². The first-order valence-electron chi connectivity index (χ1n) is 7.18. The predicted molar refractivity (Wildman–Crippen MR) is 82.6 cm³/mol. The van der Waals surface area contributed by atoms with E-state index in [-0.39, 0.29) is 12.5 Å². The van der Waals surface area contributed by atoms with Gasteiger partial charge in [-0.2, -0.15) is 0 Å². The van der Waals surface area contributed by atoms with Crippen LogP contribution in [0.25, 0.3) is 0 Å². The molecule has 1 heterocycles. The summed E-state index contributed by atoms with van der Waals surface area (Å²) in [5.74, 6) is 1.50. The molecule has 2 rings (SSSR count). The van der Waals surface area contributed by atoms with Crippen LogP contribution in [0.15, 0.2) is 47.1 Å². The number of carbonyl (C=O) groups is 1. The summed E-state index contributed by atoms with van der Waals surface area (Å²) in [6.07, 6.45) is 1.80. The second-order valence-electron chi connectivity index (χ2n) is 5.14. The molecule has 0 aliphatic rings. The molecule has 22 heavy (non-hydrogen) atoms. The van der Waals surface area contributed by atoms with Gasteiger partial charge in [-0.3, -0.25) is 4.79 Å². The Balaban J connectivity index is 1.83. The van der Waals surface area contributed by atoms with E-state index in [0.717, 1.165) is 17.1 Å². The summed E-state index contributed by atoms with van der Waals surface area (Å²) in [5, 5.41) is 10.2. The van der Waals surface area contributed by atoms with Crippen LogP contribution in [-0.2, 0) is 11.2 Å². The molecule has 0 bridgehead atoms. The number of methoxy groups -OCH3 is 1. The largest absolute Gasteiger partial charge is 0.497 e. The van der Waals surface area contributed by atoms with Gasteiger partial charge in [-0.05, 0) is 29.8 Å². The van der Waals surface area contributed by atoms with Crippen LogP contribution in [0.2, 0.25) is 0 Å². The number of rotatable bonds is 7. The molecule has 1 amide bonds. The normalized spacial score (nSPS) is 12.0. The zero-order valence-electron chi connectivity index (χ0n) is 12.9. The maximum Gasteiger partial charge on any atom is 0.222 e. The van der Waals surface area contributed by atoms with Crippen molar-refractivity contribution in [3.63, 3.8) is 0 Å². The Morgan fingerprint density at radius 3 is 2.64 bits per heavy atom. The highest BCUT2D eigenvalue weighted by Crippen LogP contribution is 2.18. The van der Waals surface area contributed by atoms with Crippen LogP contribution in [0.1, 0.15) is 23.8 Å². The third-order valence-electron chi connectivity index (χ3n) is 3.54. The molecule has 1 atom stereocenters. The molecule has 0 saturated carbocycles. The summed E-state index contributed by atoms with van der Waals surface area (Å²) in [4.78, 5) is 13.6. The van der Waals surface area contributed by atoms with Crippen LogP contribution >= 0.6 is 0 Å². The molecule has 0 aliphatic carbocycles. The quantitative estimate of drug-likeness (QED) is 0.853. The molecule has 1 aromatic carbocycles. The zero-order chi connectivity index (χ0) is 15.9. The van der Waals surface area contributed by atoms with Crippen molar-refractivity contribution in [1.82, 2.24) is 4.90 Å². The van der Waals surface area contributed by atoms with Gasteiger partial charge in [0.25, 0.3) is 0 Å². The van der Waals surface area contributed by atoms with Gasteiger partial charge in [-0.1, -0.05) is 12.1 Å². The van der Waals surface area contributed by atoms with Crippen molar-refractivity contribution >= 4 is 5.91 Å². The van der Waals surface area contributed by atoms with E-state index in [0.29, 0.717) is 12.8 Å². The summed E-state index contributed by atoms with van der Waals surface area (Å²) in [7, 11) is 3.29. The first-order chi connectivity index (χ1) is 10.6. The first-order valence-corrected chi connectivity index (χ1v) is 7.18. The molecular formula is C17H21NO4. The Kier molecular flexibility index (Phi) is 5.61. The van der Waals surface area contributed by atoms with Gasteiger partial charge in [0.1, 0.15) is 11.5 Å².